The number of rotatable bonds is 15. The lowest BCUT2D eigenvalue weighted by atomic mass is 10.2. The Hall–Kier alpha value is -0.360. The third-order valence-electron chi connectivity index (χ3n) is 2.44. The van der Waals surface area contributed by atoms with Gasteiger partial charge in [0.2, 0.25) is 0 Å². The van der Waals surface area contributed by atoms with Gasteiger partial charge in [-0.05, 0) is 6.42 Å². The average molecular weight is 311 g/mol. The van der Waals surface area contributed by atoms with Crippen LogP contribution in [0.5, 0.6) is 0 Å². The molecule has 0 unspecified atom stereocenters. The fourth-order valence-corrected chi connectivity index (χ4v) is 1.51. The van der Waals surface area contributed by atoms with Crippen molar-refractivity contribution in [1.82, 2.24) is 0 Å². The SMILES string of the molecule is CCCCCC(=O)OCCOCCOCCOCCCl. The Labute approximate surface area is 126 Å². The zero-order valence-electron chi connectivity index (χ0n) is 12.4. The molecule has 0 aromatic heterocycles. The van der Waals surface area contributed by atoms with Gasteiger partial charge in [-0.15, -0.1) is 11.6 Å². The van der Waals surface area contributed by atoms with Crippen LogP contribution in [-0.4, -0.2) is 58.1 Å². The van der Waals surface area contributed by atoms with E-state index in [1.807, 2.05) is 0 Å². The van der Waals surface area contributed by atoms with Gasteiger partial charge < -0.3 is 18.9 Å². The van der Waals surface area contributed by atoms with E-state index >= 15 is 0 Å². The summed E-state index contributed by atoms with van der Waals surface area (Å²) in [4.78, 5) is 11.3. The van der Waals surface area contributed by atoms with Crippen molar-refractivity contribution in [3.8, 4) is 0 Å². The maximum Gasteiger partial charge on any atom is 0.305 e. The van der Waals surface area contributed by atoms with Crippen molar-refractivity contribution in [3.05, 3.63) is 0 Å². The maximum absolute atomic E-state index is 11.3. The molecule has 6 heteroatoms. The highest BCUT2D eigenvalue weighted by atomic mass is 35.5. The van der Waals surface area contributed by atoms with Crippen LogP contribution >= 0.6 is 11.6 Å². The molecule has 0 aliphatic rings. The summed E-state index contributed by atoms with van der Waals surface area (Å²) in [6.45, 7) is 5.44. The molecule has 0 saturated carbocycles. The molecule has 20 heavy (non-hydrogen) atoms. The van der Waals surface area contributed by atoms with Gasteiger partial charge in [-0.1, -0.05) is 19.8 Å². The monoisotopic (exact) mass is 310 g/mol. The first-order valence-electron chi connectivity index (χ1n) is 7.26. The molecular weight excluding hydrogens is 284 g/mol. The van der Waals surface area contributed by atoms with E-state index in [9.17, 15) is 4.79 Å². The molecule has 0 aliphatic carbocycles. The van der Waals surface area contributed by atoms with Crippen LogP contribution in [0.3, 0.4) is 0 Å². The molecule has 5 nitrogen and oxygen atoms in total. The number of carbonyl (C=O) groups is 1. The molecule has 0 aromatic carbocycles. The second-order valence-electron chi connectivity index (χ2n) is 4.20. The Balaban J connectivity index is 3.07. The van der Waals surface area contributed by atoms with Crippen LogP contribution < -0.4 is 0 Å². The van der Waals surface area contributed by atoms with E-state index in [1.165, 1.54) is 0 Å². The lowest BCUT2D eigenvalue weighted by Gasteiger charge is -2.07. The molecular formula is C14H27ClO5. The molecule has 0 fully saturated rings. The molecule has 0 spiro atoms. The highest BCUT2D eigenvalue weighted by molar-refractivity contribution is 6.17. The average Bonchev–Trinajstić information content (AvgIpc) is 2.45. The second kappa shape index (κ2) is 16.7. The van der Waals surface area contributed by atoms with Gasteiger partial charge >= 0.3 is 5.97 Å². The van der Waals surface area contributed by atoms with E-state index in [2.05, 4.69) is 6.92 Å². The number of ether oxygens (including phenoxy) is 4. The summed E-state index contributed by atoms with van der Waals surface area (Å²) in [6.07, 6.45) is 3.57. The van der Waals surface area contributed by atoms with Gasteiger partial charge in [0.05, 0.1) is 39.6 Å². The van der Waals surface area contributed by atoms with Gasteiger partial charge in [-0.2, -0.15) is 0 Å². The first-order chi connectivity index (χ1) is 9.81. The van der Waals surface area contributed by atoms with Crippen LogP contribution in [0.15, 0.2) is 0 Å². The smallest absolute Gasteiger partial charge is 0.305 e. The van der Waals surface area contributed by atoms with Gasteiger partial charge in [0.1, 0.15) is 6.61 Å². The number of halogens is 1. The normalized spacial score (nSPS) is 10.7. The zero-order chi connectivity index (χ0) is 14.9. The summed E-state index contributed by atoms with van der Waals surface area (Å²) in [7, 11) is 0. The number of esters is 1. The van der Waals surface area contributed by atoms with Crippen molar-refractivity contribution in [2.24, 2.45) is 0 Å². The summed E-state index contributed by atoms with van der Waals surface area (Å²) in [5, 5.41) is 0. The first kappa shape index (κ1) is 19.6. The number of unbranched alkanes of at least 4 members (excludes halogenated alkanes) is 2. The maximum atomic E-state index is 11.3. The van der Waals surface area contributed by atoms with Gasteiger partial charge in [0.25, 0.3) is 0 Å². The Morgan fingerprint density at radius 3 is 1.95 bits per heavy atom. The molecule has 0 aliphatic heterocycles. The van der Waals surface area contributed by atoms with Crippen molar-refractivity contribution in [1.29, 1.82) is 0 Å². The van der Waals surface area contributed by atoms with E-state index in [0.29, 0.717) is 58.5 Å². The van der Waals surface area contributed by atoms with Crippen molar-refractivity contribution in [2.45, 2.75) is 32.6 Å². The predicted octanol–water partition coefficient (Wildman–Crippen LogP) is 2.40. The van der Waals surface area contributed by atoms with Crippen LogP contribution in [0.1, 0.15) is 32.6 Å². The van der Waals surface area contributed by atoms with E-state index < -0.39 is 0 Å². The molecule has 0 saturated heterocycles. The predicted molar refractivity (Wildman–Crippen MR) is 78.3 cm³/mol. The van der Waals surface area contributed by atoms with Gasteiger partial charge in [-0.25, -0.2) is 0 Å². The lowest BCUT2D eigenvalue weighted by Crippen LogP contribution is -2.14. The van der Waals surface area contributed by atoms with Gasteiger partial charge in [0.15, 0.2) is 0 Å². The molecule has 0 atom stereocenters. The molecule has 0 aromatic rings. The van der Waals surface area contributed by atoms with Crippen LogP contribution in [0.25, 0.3) is 0 Å². The number of carbonyl (C=O) groups excluding carboxylic acids is 1. The van der Waals surface area contributed by atoms with E-state index in [0.717, 1.165) is 19.3 Å². The minimum atomic E-state index is -0.144. The topological polar surface area (TPSA) is 54.0 Å². The van der Waals surface area contributed by atoms with Crippen molar-refractivity contribution >= 4 is 17.6 Å². The Morgan fingerprint density at radius 2 is 1.40 bits per heavy atom. The molecule has 0 heterocycles. The molecule has 0 radical (unpaired) electrons. The number of hydrogen-bond acceptors (Lipinski definition) is 5. The molecule has 0 bridgehead atoms. The van der Waals surface area contributed by atoms with Crippen molar-refractivity contribution in [3.63, 3.8) is 0 Å². The van der Waals surface area contributed by atoms with E-state index in [-0.39, 0.29) is 5.97 Å². The van der Waals surface area contributed by atoms with E-state index in [1.54, 1.807) is 0 Å². The van der Waals surface area contributed by atoms with Crippen LogP contribution in [-0.2, 0) is 23.7 Å². The van der Waals surface area contributed by atoms with Crippen LogP contribution in [0.2, 0.25) is 0 Å². The third kappa shape index (κ3) is 15.7. The quantitative estimate of drug-likeness (QED) is 0.264. The molecule has 0 amide bonds. The first-order valence-corrected chi connectivity index (χ1v) is 7.79. The van der Waals surface area contributed by atoms with Gasteiger partial charge in [0, 0.05) is 12.3 Å². The van der Waals surface area contributed by atoms with Gasteiger partial charge in [-0.3, -0.25) is 4.79 Å². The largest absolute Gasteiger partial charge is 0.463 e. The Bertz CT molecular complexity index is 214. The molecule has 0 N–H and O–H groups in total. The Morgan fingerprint density at radius 1 is 0.850 bits per heavy atom. The molecule has 120 valence electrons. The summed E-state index contributed by atoms with van der Waals surface area (Å²) in [5.41, 5.74) is 0. The summed E-state index contributed by atoms with van der Waals surface area (Å²) in [6, 6.07) is 0. The molecule has 0 rings (SSSR count). The fourth-order valence-electron chi connectivity index (χ4n) is 1.40. The summed E-state index contributed by atoms with van der Waals surface area (Å²) in [5.74, 6) is 0.357. The highest BCUT2D eigenvalue weighted by Gasteiger charge is 2.01. The van der Waals surface area contributed by atoms with Crippen molar-refractivity contribution in [2.75, 3.05) is 52.1 Å². The van der Waals surface area contributed by atoms with Crippen LogP contribution in [0, 0.1) is 0 Å². The zero-order valence-corrected chi connectivity index (χ0v) is 13.2. The highest BCUT2D eigenvalue weighted by Crippen LogP contribution is 2.00. The number of alkyl halides is 1. The lowest BCUT2D eigenvalue weighted by molar-refractivity contribution is -0.145. The minimum Gasteiger partial charge on any atom is -0.463 e. The Kier molecular flexibility index (Phi) is 16.4. The minimum absolute atomic E-state index is 0.144. The van der Waals surface area contributed by atoms with E-state index in [4.69, 9.17) is 30.5 Å². The van der Waals surface area contributed by atoms with Crippen LogP contribution in [0.4, 0.5) is 0 Å². The summed E-state index contributed by atoms with van der Waals surface area (Å²) >= 11 is 5.45. The van der Waals surface area contributed by atoms with Crippen molar-refractivity contribution < 1.29 is 23.7 Å². The summed E-state index contributed by atoms with van der Waals surface area (Å²) < 4.78 is 20.7. The second-order valence-corrected chi connectivity index (χ2v) is 4.58. The standard InChI is InChI=1S/C14H27ClO5/c1-2-3-4-5-14(16)20-13-12-19-11-10-18-9-8-17-7-6-15/h2-13H2,1H3. The number of hydrogen-bond donors (Lipinski definition) is 0. The fraction of sp³-hybridized carbons (Fsp3) is 0.929. The third-order valence-corrected chi connectivity index (χ3v) is 2.59.